The van der Waals surface area contributed by atoms with Crippen LogP contribution in [0.3, 0.4) is 0 Å². The van der Waals surface area contributed by atoms with Gasteiger partial charge in [-0.3, -0.25) is 19.7 Å². The number of nitrogens with one attached hydrogen (secondary N) is 1. The molecular weight excluding hydrogens is 250 g/mol. The Labute approximate surface area is 110 Å². The second kappa shape index (κ2) is 6.05. The quantitative estimate of drug-likeness (QED) is 0.492. The molecule has 0 heterocycles. The van der Waals surface area contributed by atoms with Crippen LogP contribution in [0, 0.1) is 10.1 Å². The fraction of sp³-hybridized carbons (Fsp3) is 0.333. The van der Waals surface area contributed by atoms with Crippen molar-refractivity contribution < 1.29 is 14.5 Å². The molecular formula is C12H15N3O4. The zero-order chi connectivity index (χ0) is 14.6. The first kappa shape index (κ1) is 14.8. The minimum Gasteiger partial charge on any atom is -0.326 e. The van der Waals surface area contributed by atoms with Crippen LogP contribution in [0.4, 0.5) is 11.4 Å². The summed E-state index contributed by atoms with van der Waals surface area (Å²) in [7, 11) is 3.43. The molecule has 0 saturated carbocycles. The van der Waals surface area contributed by atoms with E-state index >= 15 is 0 Å². The van der Waals surface area contributed by atoms with Crippen LogP contribution in [-0.4, -0.2) is 42.2 Å². The predicted octanol–water partition coefficient (Wildman–Crippen LogP) is 1.30. The van der Waals surface area contributed by atoms with Crippen LogP contribution < -0.4 is 5.32 Å². The van der Waals surface area contributed by atoms with E-state index in [2.05, 4.69) is 5.32 Å². The number of benzene rings is 1. The summed E-state index contributed by atoms with van der Waals surface area (Å²) < 4.78 is 0. The minimum absolute atomic E-state index is 0.105. The van der Waals surface area contributed by atoms with Gasteiger partial charge in [0, 0.05) is 24.6 Å². The number of ketones is 1. The topological polar surface area (TPSA) is 92.5 Å². The van der Waals surface area contributed by atoms with E-state index in [0.29, 0.717) is 0 Å². The van der Waals surface area contributed by atoms with Crippen molar-refractivity contribution in [3.05, 3.63) is 33.9 Å². The summed E-state index contributed by atoms with van der Waals surface area (Å²) in [5.74, 6) is -0.634. The van der Waals surface area contributed by atoms with E-state index in [1.165, 1.54) is 25.1 Å². The van der Waals surface area contributed by atoms with E-state index in [1.807, 2.05) is 0 Å². The molecule has 1 rings (SSSR count). The van der Waals surface area contributed by atoms with E-state index in [1.54, 1.807) is 19.0 Å². The van der Waals surface area contributed by atoms with Gasteiger partial charge in [0.05, 0.1) is 17.2 Å². The fourth-order valence-corrected chi connectivity index (χ4v) is 1.55. The van der Waals surface area contributed by atoms with Crippen molar-refractivity contribution in [2.24, 2.45) is 0 Å². The fourth-order valence-electron chi connectivity index (χ4n) is 1.55. The number of rotatable bonds is 5. The lowest BCUT2D eigenvalue weighted by molar-refractivity contribution is -0.384. The standard InChI is InChI=1S/C12H15N3O4/c1-8(16)13-11-5-4-9(15(18)19)6-10(11)12(17)7-14(2)3/h4-6H,7H2,1-3H3,(H,13,16). The van der Waals surface area contributed by atoms with Crippen LogP contribution in [0.1, 0.15) is 17.3 Å². The Morgan fingerprint density at radius 3 is 2.47 bits per heavy atom. The van der Waals surface area contributed by atoms with E-state index < -0.39 is 4.92 Å². The Hall–Kier alpha value is -2.28. The molecule has 102 valence electrons. The van der Waals surface area contributed by atoms with Crippen LogP contribution >= 0.6 is 0 Å². The molecule has 1 amide bonds. The number of nitrogens with zero attached hydrogens (tertiary/aromatic N) is 2. The number of anilines is 1. The Kier molecular flexibility index (Phi) is 4.71. The Morgan fingerprint density at radius 1 is 1.37 bits per heavy atom. The highest BCUT2D eigenvalue weighted by Crippen LogP contribution is 2.22. The van der Waals surface area contributed by atoms with Gasteiger partial charge in [0.15, 0.2) is 5.78 Å². The Morgan fingerprint density at radius 2 is 2.00 bits per heavy atom. The van der Waals surface area contributed by atoms with Gasteiger partial charge in [-0.1, -0.05) is 0 Å². The number of hydrogen-bond donors (Lipinski definition) is 1. The maximum absolute atomic E-state index is 12.0. The van der Waals surface area contributed by atoms with Gasteiger partial charge in [-0.25, -0.2) is 0 Å². The first-order valence-electron chi connectivity index (χ1n) is 5.55. The van der Waals surface area contributed by atoms with Crippen molar-refractivity contribution in [3.8, 4) is 0 Å². The first-order chi connectivity index (χ1) is 8.81. The second-order valence-corrected chi connectivity index (χ2v) is 4.33. The summed E-state index contributed by atoms with van der Waals surface area (Å²) in [6, 6.07) is 3.79. The number of hydrogen-bond acceptors (Lipinski definition) is 5. The van der Waals surface area contributed by atoms with Crippen molar-refractivity contribution in [2.75, 3.05) is 26.0 Å². The summed E-state index contributed by atoms with van der Waals surface area (Å²) in [6.07, 6.45) is 0. The van der Waals surface area contributed by atoms with Crippen LogP contribution in [-0.2, 0) is 4.79 Å². The highest BCUT2D eigenvalue weighted by atomic mass is 16.6. The van der Waals surface area contributed by atoms with Gasteiger partial charge in [0.1, 0.15) is 0 Å². The van der Waals surface area contributed by atoms with Crippen molar-refractivity contribution >= 4 is 23.1 Å². The summed E-state index contributed by atoms with van der Waals surface area (Å²) >= 11 is 0. The van der Waals surface area contributed by atoms with Gasteiger partial charge in [-0.2, -0.15) is 0 Å². The van der Waals surface area contributed by atoms with Gasteiger partial charge in [-0.15, -0.1) is 0 Å². The van der Waals surface area contributed by atoms with Crippen molar-refractivity contribution in [1.82, 2.24) is 4.90 Å². The van der Waals surface area contributed by atoms with Gasteiger partial charge < -0.3 is 10.2 Å². The molecule has 0 aliphatic carbocycles. The molecule has 0 bridgehead atoms. The number of non-ortho nitro benzene ring substituents is 1. The molecule has 19 heavy (non-hydrogen) atoms. The molecule has 0 atom stereocenters. The second-order valence-electron chi connectivity index (χ2n) is 4.33. The number of amides is 1. The van der Waals surface area contributed by atoms with Gasteiger partial charge >= 0.3 is 0 Å². The van der Waals surface area contributed by atoms with Gasteiger partial charge in [0.25, 0.3) is 5.69 Å². The predicted molar refractivity (Wildman–Crippen MR) is 70.3 cm³/mol. The molecule has 7 nitrogen and oxygen atoms in total. The number of Topliss-reactive ketones (excluding diaryl/α,β-unsaturated/α-hetero) is 1. The zero-order valence-electron chi connectivity index (χ0n) is 11.0. The molecule has 0 spiro atoms. The third-order valence-corrected chi connectivity index (χ3v) is 2.28. The zero-order valence-corrected chi connectivity index (χ0v) is 11.0. The average molecular weight is 265 g/mol. The SMILES string of the molecule is CC(=O)Nc1ccc([N+](=O)[O-])cc1C(=O)CN(C)C. The summed E-state index contributed by atoms with van der Waals surface area (Å²) in [6.45, 7) is 1.41. The molecule has 0 aromatic heterocycles. The molecule has 0 aliphatic rings. The molecule has 1 N–H and O–H groups in total. The maximum atomic E-state index is 12.0. The van der Waals surface area contributed by atoms with E-state index in [-0.39, 0.29) is 35.2 Å². The third-order valence-electron chi connectivity index (χ3n) is 2.28. The largest absolute Gasteiger partial charge is 0.326 e. The van der Waals surface area contributed by atoms with Crippen molar-refractivity contribution in [2.45, 2.75) is 6.92 Å². The lowest BCUT2D eigenvalue weighted by Crippen LogP contribution is -2.23. The first-order valence-corrected chi connectivity index (χ1v) is 5.55. The number of carbonyl (C=O) groups is 2. The Balaban J connectivity index is 3.20. The smallest absolute Gasteiger partial charge is 0.270 e. The summed E-state index contributed by atoms with van der Waals surface area (Å²) in [5, 5.41) is 13.2. The molecule has 0 aliphatic heterocycles. The molecule has 0 unspecified atom stereocenters. The van der Waals surface area contributed by atoms with Crippen LogP contribution in [0.5, 0.6) is 0 Å². The third kappa shape index (κ3) is 4.14. The van der Waals surface area contributed by atoms with Gasteiger partial charge in [0.2, 0.25) is 5.91 Å². The number of likely N-dealkylation sites (N-methyl/N-ethyl adjacent to an activating group) is 1. The van der Waals surface area contributed by atoms with Crippen LogP contribution in [0.25, 0.3) is 0 Å². The summed E-state index contributed by atoms with van der Waals surface area (Å²) in [4.78, 5) is 34.9. The number of nitro benzene ring substituents is 1. The van der Waals surface area contributed by atoms with E-state index in [4.69, 9.17) is 0 Å². The molecule has 7 heteroatoms. The molecule has 0 fully saturated rings. The lowest BCUT2D eigenvalue weighted by atomic mass is 10.1. The monoisotopic (exact) mass is 265 g/mol. The minimum atomic E-state index is -0.579. The molecule has 1 aromatic rings. The lowest BCUT2D eigenvalue weighted by Gasteiger charge is -2.12. The normalized spacial score (nSPS) is 10.3. The van der Waals surface area contributed by atoms with E-state index in [0.717, 1.165) is 0 Å². The van der Waals surface area contributed by atoms with Crippen molar-refractivity contribution in [1.29, 1.82) is 0 Å². The van der Waals surface area contributed by atoms with Crippen LogP contribution in [0.15, 0.2) is 18.2 Å². The highest BCUT2D eigenvalue weighted by Gasteiger charge is 2.17. The van der Waals surface area contributed by atoms with E-state index in [9.17, 15) is 19.7 Å². The average Bonchev–Trinajstić information content (AvgIpc) is 2.27. The summed E-state index contributed by atoms with van der Waals surface area (Å²) in [5.41, 5.74) is 0.235. The van der Waals surface area contributed by atoms with Gasteiger partial charge in [-0.05, 0) is 20.2 Å². The molecule has 0 radical (unpaired) electrons. The Bertz CT molecular complexity index is 526. The number of nitro groups is 1. The maximum Gasteiger partial charge on any atom is 0.270 e. The molecule has 0 saturated heterocycles. The van der Waals surface area contributed by atoms with Crippen LogP contribution in [0.2, 0.25) is 0 Å². The number of carbonyl (C=O) groups excluding carboxylic acids is 2. The van der Waals surface area contributed by atoms with Crippen molar-refractivity contribution in [3.63, 3.8) is 0 Å². The highest BCUT2D eigenvalue weighted by molar-refractivity contribution is 6.06. The molecule has 1 aromatic carbocycles.